The lowest BCUT2D eigenvalue weighted by atomic mass is 10.4. The molecule has 0 bridgehead atoms. The van der Waals surface area contributed by atoms with E-state index in [2.05, 4.69) is 0 Å². The molecule has 2 atom stereocenters. The number of rotatable bonds is 5. The lowest BCUT2D eigenvalue weighted by Gasteiger charge is -2.01. The van der Waals surface area contributed by atoms with Crippen LogP contribution in [0, 0.1) is 5.92 Å². The number of hydrogen-bond donors (Lipinski definition) is 1. The molecule has 4 nitrogen and oxygen atoms in total. The SMILES string of the molecule is CCOC(=O)[C@H]1CC1OCCO. The third-order valence-electron chi connectivity index (χ3n) is 1.74. The van der Waals surface area contributed by atoms with Crippen LogP contribution < -0.4 is 0 Å². The Balaban J connectivity index is 2.10. The Hall–Kier alpha value is -0.610. The Kier molecular flexibility index (Phi) is 3.49. The van der Waals surface area contributed by atoms with Gasteiger partial charge in [-0.2, -0.15) is 0 Å². The number of aliphatic hydroxyl groups excluding tert-OH is 1. The average molecular weight is 174 g/mol. The van der Waals surface area contributed by atoms with Gasteiger partial charge in [-0.05, 0) is 13.3 Å². The zero-order valence-corrected chi connectivity index (χ0v) is 7.16. The van der Waals surface area contributed by atoms with Gasteiger partial charge in [-0.3, -0.25) is 4.79 Å². The van der Waals surface area contributed by atoms with Crippen molar-refractivity contribution in [3.05, 3.63) is 0 Å². The summed E-state index contributed by atoms with van der Waals surface area (Å²) in [5, 5.41) is 8.43. The van der Waals surface area contributed by atoms with E-state index >= 15 is 0 Å². The third kappa shape index (κ3) is 2.46. The molecule has 1 aliphatic carbocycles. The maximum Gasteiger partial charge on any atom is 0.311 e. The Morgan fingerprint density at radius 3 is 3.00 bits per heavy atom. The van der Waals surface area contributed by atoms with Gasteiger partial charge in [-0.25, -0.2) is 0 Å². The van der Waals surface area contributed by atoms with Crippen LogP contribution in [0.3, 0.4) is 0 Å². The first-order valence-electron chi connectivity index (χ1n) is 4.18. The minimum atomic E-state index is -0.180. The molecule has 0 aliphatic heterocycles. The molecule has 1 rings (SSSR count). The number of hydrogen-bond acceptors (Lipinski definition) is 4. The van der Waals surface area contributed by atoms with E-state index < -0.39 is 0 Å². The monoisotopic (exact) mass is 174 g/mol. The topological polar surface area (TPSA) is 55.8 Å². The van der Waals surface area contributed by atoms with Crippen molar-refractivity contribution < 1.29 is 19.4 Å². The van der Waals surface area contributed by atoms with E-state index in [9.17, 15) is 4.79 Å². The smallest absolute Gasteiger partial charge is 0.311 e. The first kappa shape index (κ1) is 9.48. The van der Waals surface area contributed by atoms with Gasteiger partial charge in [0.05, 0.1) is 31.8 Å². The second kappa shape index (κ2) is 4.42. The first-order chi connectivity index (χ1) is 5.79. The number of carbonyl (C=O) groups excluding carboxylic acids is 1. The fourth-order valence-corrected chi connectivity index (χ4v) is 1.06. The van der Waals surface area contributed by atoms with E-state index in [0.717, 1.165) is 6.42 Å². The fourth-order valence-electron chi connectivity index (χ4n) is 1.06. The third-order valence-corrected chi connectivity index (χ3v) is 1.74. The predicted molar refractivity (Wildman–Crippen MR) is 41.6 cm³/mol. The average Bonchev–Trinajstić information content (AvgIpc) is 2.80. The molecule has 0 radical (unpaired) electrons. The van der Waals surface area contributed by atoms with E-state index in [-0.39, 0.29) is 24.6 Å². The Labute approximate surface area is 71.5 Å². The van der Waals surface area contributed by atoms with Crippen LogP contribution in [0.25, 0.3) is 0 Å². The highest BCUT2D eigenvalue weighted by molar-refractivity contribution is 5.76. The molecule has 0 spiro atoms. The molecule has 1 aliphatic rings. The summed E-state index contributed by atoms with van der Waals surface area (Å²) < 4.78 is 9.93. The Morgan fingerprint density at radius 2 is 2.42 bits per heavy atom. The van der Waals surface area contributed by atoms with E-state index in [1.54, 1.807) is 6.92 Å². The van der Waals surface area contributed by atoms with Gasteiger partial charge in [0.25, 0.3) is 0 Å². The van der Waals surface area contributed by atoms with Gasteiger partial charge in [-0.15, -0.1) is 0 Å². The molecule has 1 N–H and O–H groups in total. The Bertz CT molecular complexity index is 157. The molecule has 70 valence electrons. The Morgan fingerprint density at radius 1 is 1.67 bits per heavy atom. The van der Waals surface area contributed by atoms with Crippen LogP contribution in [0.5, 0.6) is 0 Å². The molecule has 0 aromatic carbocycles. The highest BCUT2D eigenvalue weighted by Gasteiger charge is 2.45. The molecule has 4 heteroatoms. The van der Waals surface area contributed by atoms with Gasteiger partial charge < -0.3 is 14.6 Å². The van der Waals surface area contributed by atoms with Crippen molar-refractivity contribution in [2.75, 3.05) is 19.8 Å². The zero-order chi connectivity index (χ0) is 8.97. The first-order valence-corrected chi connectivity index (χ1v) is 4.18. The minimum Gasteiger partial charge on any atom is -0.466 e. The van der Waals surface area contributed by atoms with Crippen LogP contribution in [-0.2, 0) is 14.3 Å². The highest BCUT2D eigenvalue weighted by atomic mass is 16.5. The maximum atomic E-state index is 11.0. The van der Waals surface area contributed by atoms with Crippen LogP contribution in [0.4, 0.5) is 0 Å². The van der Waals surface area contributed by atoms with Gasteiger partial charge >= 0.3 is 5.97 Å². The van der Waals surface area contributed by atoms with Crippen molar-refractivity contribution in [1.82, 2.24) is 0 Å². The van der Waals surface area contributed by atoms with Gasteiger partial charge in [0.15, 0.2) is 0 Å². The minimum absolute atomic E-state index is 0.00600. The number of esters is 1. The highest BCUT2D eigenvalue weighted by Crippen LogP contribution is 2.34. The maximum absolute atomic E-state index is 11.0. The van der Waals surface area contributed by atoms with Crippen molar-refractivity contribution in [1.29, 1.82) is 0 Å². The van der Waals surface area contributed by atoms with Gasteiger partial charge in [0, 0.05) is 0 Å². The molecule has 1 unspecified atom stereocenters. The standard InChI is InChI=1S/C8H14O4/c1-2-11-8(10)6-5-7(6)12-4-3-9/h6-7,9H,2-5H2,1H3/t6-,7?/m0/s1. The largest absolute Gasteiger partial charge is 0.466 e. The fraction of sp³-hybridized carbons (Fsp3) is 0.875. The van der Waals surface area contributed by atoms with Crippen LogP contribution in [0.1, 0.15) is 13.3 Å². The summed E-state index contributed by atoms with van der Waals surface area (Å²) in [6.45, 7) is 2.51. The summed E-state index contributed by atoms with van der Waals surface area (Å²) >= 11 is 0. The second-order valence-electron chi connectivity index (χ2n) is 2.73. The van der Waals surface area contributed by atoms with Gasteiger partial charge in [0.2, 0.25) is 0 Å². The number of aliphatic hydroxyl groups is 1. The van der Waals surface area contributed by atoms with Gasteiger partial charge in [0.1, 0.15) is 0 Å². The lowest BCUT2D eigenvalue weighted by Crippen LogP contribution is -2.11. The molecule has 1 saturated carbocycles. The van der Waals surface area contributed by atoms with Crippen molar-refractivity contribution in [2.24, 2.45) is 5.92 Å². The molecule has 1 fully saturated rings. The molecule has 12 heavy (non-hydrogen) atoms. The summed E-state index contributed by atoms with van der Waals surface area (Å²) in [5.74, 6) is -0.267. The van der Waals surface area contributed by atoms with E-state index in [4.69, 9.17) is 14.6 Å². The van der Waals surface area contributed by atoms with E-state index in [0.29, 0.717) is 13.2 Å². The van der Waals surface area contributed by atoms with E-state index in [1.165, 1.54) is 0 Å². The number of carbonyl (C=O) groups is 1. The quantitative estimate of drug-likeness (QED) is 0.593. The molecular formula is C8H14O4. The lowest BCUT2D eigenvalue weighted by molar-refractivity contribution is -0.145. The van der Waals surface area contributed by atoms with Crippen molar-refractivity contribution in [3.63, 3.8) is 0 Å². The second-order valence-corrected chi connectivity index (χ2v) is 2.73. The molecule has 0 aromatic rings. The zero-order valence-electron chi connectivity index (χ0n) is 7.16. The predicted octanol–water partition coefficient (Wildman–Crippen LogP) is -0.0531. The van der Waals surface area contributed by atoms with Crippen molar-refractivity contribution in [3.8, 4) is 0 Å². The summed E-state index contributed by atoms with van der Waals surface area (Å²) in [4.78, 5) is 11.0. The molecular weight excluding hydrogens is 160 g/mol. The van der Waals surface area contributed by atoms with Crippen LogP contribution >= 0.6 is 0 Å². The molecule has 0 saturated heterocycles. The van der Waals surface area contributed by atoms with Gasteiger partial charge in [-0.1, -0.05) is 0 Å². The summed E-state index contributed by atoms with van der Waals surface area (Å²) in [7, 11) is 0. The normalized spacial score (nSPS) is 26.8. The number of ether oxygens (including phenoxy) is 2. The summed E-state index contributed by atoms with van der Waals surface area (Å²) in [6.07, 6.45) is 0.718. The van der Waals surface area contributed by atoms with Crippen LogP contribution in [0.15, 0.2) is 0 Å². The molecule has 0 amide bonds. The summed E-state index contributed by atoms with van der Waals surface area (Å²) in [6, 6.07) is 0. The van der Waals surface area contributed by atoms with Crippen LogP contribution in [0.2, 0.25) is 0 Å². The molecule has 0 heterocycles. The van der Waals surface area contributed by atoms with Crippen LogP contribution in [-0.4, -0.2) is 37.0 Å². The molecule has 0 aromatic heterocycles. The van der Waals surface area contributed by atoms with Crippen molar-refractivity contribution in [2.45, 2.75) is 19.4 Å². The summed E-state index contributed by atoms with van der Waals surface area (Å²) in [5.41, 5.74) is 0. The van der Waals surface area contributed by atoms with Crippen molar-refractivity contribution >= 4 is 5.97 Å². The van der Waals surface area contributed by atoms with E-state index in [1.807, 2.05) is 0 Å².